The zero-order chi connectivity index (χ0) is 24.5. The van der Waals surface area contributed by atoms with E-state index in [1.807, 2.05) is 36.3 Å². The summed E-state index contributed by atoms with van der Waals surface area (Å²) in [5.41, 5.74) is 3.77. The minimum Gasteiger partial charge on any atom is -0.322 e. The molecule has 3 aromatic rings. The van der Waals surface area contributed by atoms with Crippen LogP contribution >= 0.6 is 11.6 Å². The van der Waals surface area contributed by atoms with E-state index in [9.17, 15) is 9.59 Å². The molecule has 0 atom stereocenters. The predicted octanol–water partition coefficient (Wildman–Crippen LogP) is 6.21. The Hall–Kier alpha value is -3.90. The van der Waals surface area contributed by atoms with E-state index in [2.05, 4.69) is 23.9 Å². The third-order valence-electron chi connectivity index (χ3n) is 5.09. The monoisotopic (exact) mass is 474 g/mol. The van der Waals surface area contributed by atoms with E-state index in [0.717, 1.165) is 24.1 Å². The van der Waals surface area contributed by atoms with Crippen LogP contribution in [0.2, 0.25) is 5.02 Å². The largest absolute Gasteiger partial charge is 0.322 e. The number of nitrogens with zero attached hydrogens (tertiary/aromatic N) is 3. The standard InChI is InChI=1S/C27H27ClN4O2/c1-4-16-31(3)29-18-21-8-13-24(14-9-21)32(19-33)26-15-10-22(28)17-25(26)27(34)30-23-11-6-20(5-2)7-12-23/h5-15,17-19H,2,4,16H2,1,3H3,(H,30,34). The van der Waals surface area contributed by atoms with E-state index in [4.69, 9.17) is 11.6 Å². The number of nitrogens with one attached hydrogen (secondary N) is 1. The first-order valence-corrected chi connectivity index (χ1v) is 11.3. The van der Waals surface area contributed by atoms with Crippen molar-refractivity contribution >= 4 is 53.3 Å². The number of carbonyl (C=O) groups excluding carboxylic acids is 2. The van der Waals surface area contributed by atoms with Gasteiger partial charge in [-0.3, -0.25) is 14.5 Å². The quantitative estimate of drug-likeness (QED) is 0.216. The van der Waals surface area contributed by atoms with Crippen molar-refractivity contribution < 1.29 is 9.59 Å². The molecule has 0 aliphatic rings. The first-order chi connectivity index (χ1) is 16.4. The van der Waals surface area contributed by atoms with E-state index >= 15 is 0 Å². The highest BCUT2D eigenvalue weighted by atomic mass is 35.5. The van der Waals surface area contributed by atoms with E-state index in [1.54, 1.807) is 54.8 Å². The van der Waals surface area contributed by atoms with Gasteiger partial charge in [-0.25, -0.2) is 0 Å². The van der Waals surface area contributed by atoms with Crippen molar-refractivity contribution in [1.29, 1.82) is 0 Å². The lowest BCUT2D eigenvalue weighted by Gasteiger charge is -2.21. The van der Waals surface area contributed by atoms with Crippen LogP contribution in [0, 0.1) is 0 Å². The fraction of sp³-hybridized carbons (Fsp3) is 0.148. The van der Waals surface area contributed by atoms with Gasteiger partial charge in [-0.2, -0.15) is 5.10 Å². The summed E-state index contributed by atoms with van der Waals surface area (Å²) in [6.07, 6.45) is 5.18. The Morgan fingerprint density at radius 3 is 2.35 bits per heavy atom. The van der Waals surface area contributed by atoms with E-state index in [1.165, 1.54) is 4.90 Å². The number of anilines is 3. The van der Waals surface area contributed by atoms with Crippen LogP contribution in [0.4, 0.5) is 17.1 Å². The zero-order valence-electron chi connectivity index (χ0n) is 19.2. The van der Waals surface area contributed by atoms with Gasteiger partial charge in [0.25, 0.3) is 5.91 Å². The summed E-state index contributed by atoms with van der Waals surface area (Å²) >= 11 is 6.18. The summed E-state index contributed by atoms with van der Waals surface area (Å²) in [5.74, 6) is -0.376. The molecule has 0 unspecified atom stereocenters. The molecule has 34 heavy (non-hydrogen) atoms. The van der Waals surface area contributed by atoms with Gasteiger partial charge in [0.1, 0.15) is 0 Å². The molecular formula is C27H27ClN4O2. The van der Waals surface area contributed by atoms with Crippen LogP contribution < -0.4 is 10.2 Å². The second-order valence-electron chi connectivity index (χ2n) is 7.63. The number of hydrogen-bond donors (Lipinski definition) is 1. The van der Waals surface area contributed by atoms with Crippen LogP contribution in [0.1, 0.15) is 34.8 Å². The Labute approximate surface area is 205 Å². The maximum atomic E-state index is 13.1. The summed E-state index contributed by atoms with van der Waals surface area (Å²) in [7, 11) is 1.92. The second-order valence-corrected chi connectivity index (χ2v) is 8.07. The fourth-order valence-corrected chi connectivity index (χ4v) is 3.50. The molecule has 6 nitrogen and oxygen atoms in total. The number of rotatable bonds is 10. The number of hydrazone groups is 1. The molecule has 0 heterocycles. The molecule has 7 heteroatoms. The SMILES string of the molecule is C=Cc1ccc(NC(=O)c2cc(Cl)ccc2N(C=O)c2ccc(C=NN(C)CCC)cc2)cc1. The normalized spacial score (nSPS) is 10.7. The van der Waals surface area contributed by atoms with E-state index in [0.29, 0.717) is 28.5 Å². The van der Waals surface area contributed by atoms with Crippen molar-refractivity contribution in [1.82, 2.24) is 5.01 Å². The van der Waals surface area contributed by atoms with Gasteiger partial charge in [0, 0.05) is 30.0 Å². The summed E-state index contributed by atoms with van der Waals surface area (Å²) in [5, 5.41) is 9.51. The van der Waals surface area contributed by atoms with Crippen molar-refractivity contribution in [3.63, 3.8) is 0 Å². The van der Waals surface area contributed by atoms with Crippen LogP contribution in [0.15, 0.2) is 78.4 Å². The molecule has 0 radical (unpaired) electrons. The van der Waals surface area contributed by atoms with Crippen LogP contribution in [-0.4, -0.2) is 37.1 Å². The maximum absolute atomic E-state index is 13.1. The average molecular weight is 475 g/mol. The smallest absolute Gasteiger partial charge is 0.257 e. The molecule has 2 amide bonds. The van der Waals surface area contributed by atoms with Gasteiger partial charge >= 0.3 is 0 Å². The molecule has 3 aromatic carbocycles. The molecule has 1 N–H and O–H groups in total. The Kier molecular flexibility index (Phi) is 8.60. The zero-order valence-corrected chi connectivity index (χ0v) is 20.0. The van der Waals surface area contributed by atoms with Crippen molar-refractivity contribution in [3.8, 4) is 0 Å². The first kappa shape index (κ1) is 24.7. The molecule has 0 saturated heterocycles. The number of benzene rings is 3. The summed E-state index contributed by atoms with van der Waals surface area (Å²) in [4.78, 5) is 26.6. The third-order valence-corrected chi connectivity index (χ3v) is 5.33. The molecule has 0 aliphatic carbocycles. The Morgan fingerprint density at radius 2 is 1.74 bits per heavy atom. The van der Waals surface area contributed by atoms with E-state index in [-0.39, 0.29) is 11.5 Å². The summed E-state index contributed by atoms with van der Waals surface area (Å²) in [6, 6.07) is 19.5. The molecular weight excluding hydrogens is 448 g/mol. The van der Waals surface area contributed by atoms with Gasteiger partial charge < -0.3 is 10.3 Å². The lowest BCUT2D eigenvalue weighted by molar-refractivity contribution is -0.106. The van der Waals surface area contributed by atoms with Gasteiger partial charge in [0.15, 0.2) is 0 Å². The van der Waals surface area contributed by atoms with E-state index < -0.39 is 0 Å². The third kappa shape index (κ3) is 6.33. The Balaban J connectivity index is 1.86. The predicted molar refractivity (Wildman–Crippen MR) is 141 cm³/mol. The summed E-state index contributed by atoms with van der Waals surface area (Å²) < 4.78 is 0. The lowest BCUT2D eigenvalue weighted by Crippen LogP contribution is -2.20. The Bertz CT molecular complexity index is 1170. The van der Waals surface area contributed by atoms with Crippen molar-refractivity contribution in [2.75, 3.05) is 23.8 Å². The van der Waals surface area contributed by atoms with Gasteiger partial charge in [0.2, 0.25) is 6.41 Å². The lowest BCUT2D eigenvalue weighted by atomic mass is 10.1. The average Bonchev–Trinajstić information content (AvgIpc) is 2.85. The summed E-state index contributed by atoms with van der Waals surface area (Å²) in [6.45, 7) is 6.69. The van der Waals surface area contributed by atoms with Gasteiger partial charge in [-0.15, -0.1) is 0 Å². The molecule has 0 fully saturated rings. The molecule has 0 saturated carbocycles. The molecule has 0 bridgehead atoms. The highest BCUT2D eigenvalue weighted by Crippen LogP contribution is 2.30. The number of carbonyl (C=O) groups is 2. The van der Waals surface area contributed by atoms with Crippen LogP contribution in [0.3, 0.4) is 0 Å². The highest BCUT2D eigenvalue weighted by molar-refractivity contribution is 6.31. The number of hydrogen-bond acceptors (Lipinski definition) is 4. The van der Waals surface area contributed by atoms with Crippen molar-refractivity contribution in [2.24, 2.45) is 5.10 Å². The highest BCUT2D eigenvalue weighted by Gasteiger charge is 2.19. The first-order valence-electron chi connectivity index (χ1n) is 10.9. The topological polar surface area (TPSA) is 65.0 Å². The Morgan fingerprint density at radius 1 is 1.06 bits per heavy atom. The molecule has 0 aromatic heterocycles. The second kappa shape index (κ2) is 11.8. The number of halogens is 1. The number of amides is 2. The molecule has 174 valence electrons. The van der Waals surface area contributed by atoms with Crippen molar-refractivity contribution in [2.45, 2.75) is 13.3 Å². The van der Waals surface area contributed by atoms with Gasteiger partial charge in [-0.05, 0) is 60.0 Å². The van der Waals surface area contributed by atoms with Crippen LogP contribution in [-0.2, 0) is 4.79 Å². The minimum absolute atomic E-state index is 0.277. The minimum atomic E-state index is -0.376. The van der Waals surface area contributed by atoms with Crippen molar-refractivity contribution in [3.05, 3.63) is 95.0 Å². The molecule has 0 aliphatic heterocycles. The maximum Gasteiger partial charge on any atom is 0.257 e. The van der Waals surface area contributed by atoms with Gasteiger partial charge in [0.05, 0.1) is 17.5 Å². The van der Waals surface area contributed by atoms with Gasteiger partial charge in [-0.1, -0.05) is 55.4 Å². The fourth-order valence-electron chi connectivity index (χ4n) is 3.33. The van der Waals surface area contributed by atoms with Crippen LogP contribution in [0.25, 0.3) is 6.08 Å². The van der Waals surface area contributed by atoms with Crippen LogP contribution in [0.5, 0.6) is 0 Å². The molecule has 0 spiro atoms. The molecule has 3 rings (SSSR count).